The van der Waals surface area contributed by atoms with Crippen LogP contribution in [0.4, 0.5) is 13.2 Å². The lowest BCUT2D eigenvalue weighted by molar-refractivity contribution is -0.138. The predicted molar refractivity (Wildman–Crippen MR) is 66.0 cm³/mol. The van der Waals surface area contributed by atoms with Crippen LogP contribution in [-0.4, -0.2) is 15.5 Å². The maximum absolute atomic E-state index is 13.0. The van der Waals surface area contributed by atoms with Crippen molar-refractivity contribution >= 4 is 11.8 Å². The van der Waals surface area contributed by atoms with Gasteiger partial charge in [-0.3, -0.25) is 0 Å². The Balaban J connectivity index is 2.11. The Morgan fingerprint density at radius 2 is 1.95 bits per heavy atom. The van der Waals surface area contributed by atoms with Gasteiger partial charge in [0, 0.05) is 0 Å². The molecular formula is C13H9F3O2S. The van der Waals surface area contributed by atoms with E-state index in [1.165, 1.54) is 36.0 Å². The lowest BCUT2D eigenvalue weighted by atomic mass is 9.88. The summed E-state index contributed by atoms with van der Waals surface area (Å²) in [6, 6.07) is 3.29. The average Bonchev–Trinajstić information content (AvgIpc) is 3.02. The van der Waals surface area contributed by atoms with E-state index >= 15 is 0 Å². The number of aliphatic hydroxyl groups is 1. The zero-order valence-electron chi connectivity index (χ0n) is 9.48. The molecule has 1 fully saturated rings. The van der Waals surface area contributed by atoms with Crippen molar-refractivity contribution in [2.75, 3.05) is 0 Å². The van der Waals surface area contributed by atoms with Crippen molar-refractivity contribution in [1.29, 1.82) is 0 Å². The molecule has 6 heteroatoms. The van der Waals surface area contributed by atoms with Gasteiger partial charge in [0.1, 0.15) is 11.5 Å². The Hall–Kier alpha value is -1.56. The van der Waals surface area contributed by atoms with Crippen LogP contribution in [0.1, 0.15) is 11.1 Å². The molecule has 19 heavy (non-hydrogen) atoms. The fourth-order valence-corrected chi connectivity index (χ4v) is 3.59. The molecule has 0 spiro atoms. The summed E-state index contributed by atoms with van der Waals surface area (Å²) in [7, 11) is 0. The van der Waals surface area contributed by atoms with Crippen molar-refractivity contribution in [3.8, 4) is 5.75 Å². The summed E-state index contributed by atoms with van der Waals surface area (Å²) in [4.78, 5) is 0. The highest BCUT2D eigenvalue weighted by Gasteiger charge is 2.58. The first-order valence-corrected chi connectivity index (χ1v) is 6.39. The first-order chi connectivity index (χ1) is 8.83. The van der Waals surface area contributed by atoms with E-state index in [-0.39, 0.29) is 16.6 Å². The van der Waals surface area contributed by atoms with Gasteiger partial charge in [-0.25, -0.2) is 0 Å². The van der Waals surface area contributed by atoms with Gasteiger partial charge in [-0.2, -0.15) is 13.2 Å². The summed E-state index contributed by atoms with van der Waals surface area (Å²) in [5, 5.41) is 18.4. The van der Waals surface area contributed by atoms with Crippen molar-refractivity contribution in [1.82, 2.24) is 0 Å². The van der Waals surface area contributed by atoms with Crippen LogP contribution >= 0.6 is 11.8 Å². The van der Waals surface area contributed by atoms with Gasteiger partial charge in [-0.15, -0.1) is 11.8 Å². The molecular weight excluding hydrogens is 277 g/mol. The van der Waals surface area contributed by atoms with E-state index in [1.807, 2.05) is 0 Å². The summed E-state index contributed by atoms with van der Waals surface area (Å²) in [6.07, 6.45) is 0.00798. The summed E-state index contributed by atoms with van der Waals surface area (Å²) in [6.45, 7) is 0. The van der Waals surface area contributed by atoms with Crippen molar-refractivity contribution < 1.29 is 23.4 Å². The molecule has 100 valence electrons. The maximum Gasteiger partial charge on any atom is 0.416 e. The van der Waals surface area contributed by atoms with Crippen molar-refractivity contribution in [3.63, 3.8) is 0 Å². The van der Waals surface area contributed by atoms with E-state index in [0.29, 0.717) is 0 Å². The number of halogens is 3. The predicted octanol–water partition coefficient (Wildman–Crippen LogP) is 3.73. The van der Waals surface area contributed by atoms with E-state index in [0.717, 1.165) is 6.07 Å². The van der Waals surface area contributed by atoms with Gasteiger partial charge in [0.25, 0.3) is 0 Å². The molecule has 0 saturated carbocycles. The number of hydrogen-bond acceptors (Lipinski definition) is 3. The maximum atomic E-state index is 13.0. The third-order valence-corrected chi connectivity index (χ3v) is 4.75. The van der Waals surface area contributed by atoms with E-state index in [4.69, 9.17) is 0 Å². The number of rotatable bonds is 1. The molecule has 3 rings (SSSR count). The molecule has 2 aliphatic rings. The third-order valence-electron chi connectivity index (χ3n) is 3.24. The third kappa shape index (κ3) is 1.90. The molecule has 0 aromatic heterocycles. The van der Waals surface area contributed by atoms with Gasteiger partial charge in [0.15, 0.2) is 0 Å². The van der Waals surface area contributed by atoms with Crippen LogP contribution in [0, 0.1) is 0 Å². The molecule has 1 aromatic rings. The zero-order chi connectivity index (χ0) is 13.8. The lowest BCUT2D eigenvalue weighted by Gasteiger charge is -2.19. The van der Waals surface area contributed by atoms with Gasteiger partial charge in [-0.05, 0) is 29.8 Å². The van der Waals surface area contributed by atoms with Crippen LogP contribution in [0.5, 0.6) is 5.75 Å². The number of phenols is 1. The molecule has 2 atom stereocenters. The largest absolute Gasteiger partial charge is 0.508 e. The van der Waals surface area contributed by atoms with E-state index in [9.17, 15) is 23.4 Å². The minimum atomic E-state index is -4.52. The SMILES string of the molecule is OC1=CC2SC2(c2ccc(O)cc2C(F)(F)F)C=C1. The van der Waals surface area contributed by atoms with E-state index < -0.39 is 22.2 Å². The van der Waals surface area contributed by atoms with E-state index in [2.05, 4.69) is 0 Å². The molecule has 2 nitrogen and oxygen atoms in total. The summed E-state index contributed by atoms with van der Waals surface area (Å²) in [5.74, 6) is -0.342. The quantitative estimate of drug-likeness (QED) is 0.773. The molecule has 0 amide bonds. The molecule has 1 aliphatic carbocycles. The average molecular weight is 286 g/mol. The van der Waals surface area contributed by atoms with Gasteiger partial charge < -0.3 is 10.2 Å². The highest BCUT2D eigenvalue weighted by molar-refractivity contribution is 8.08. The number of benzene rings is 1. The molecule has 2 unspecified atom stereocenters. The van der Waals surface area contributed by atoms with Crippen LogP contribution in [-0.2, 0) is 10.9 Å². The summed E-state index contributed by atoms with van der Waals surface area (Å²) >= 11 is 1.33. The van der Waals surface area contributed by atoms with Crippen molar-refractivity contribution in [3.05, 3.63) is 53.3 Å². The Morgan fingerprint density at radius 1 is 1.21 bits per heavy atom. The van der Waals surface area contributed by atoms with Crippen LogP contribution in [0.15, 0.2) is 42.2 Å². The number of aliphatic hydroxyl groups excluding tert-OH is 1. The Labute approximate surface area is 111 Å². The molecule has 0 bridgehead atoms. The summed E-state index contributed by atoms with van der Waals surface area (Å²) in [5.41, 5.74) is -0.713. The van der Waals surface area contributed by atoms with Crippen LogP contribution in [0.2, 0.25) is 0 Å². The van der Waals surface area contributed by atoms with Gasteiger partial charge in [-0.1, -0.05) is 12.1 Å². The van der Waals surface area contributed by atoms with Gasteiger partial charge >= 0.3 is 6.18 Å². The van der Waals surface area contributed by atoms with Crippen LogP contribution < -0.4 is 0 Å². The fraction of sp³-hybridized carbons (Fsp3) is 0.231. The zero-order valence-corrected chi connectivity index (χ0v) is 10.3. The topological polar surface area (TPSA) is 40.5 Å². The normalized spacial score (nSPS) is 28.8. The number of alkyl halides is 3. The minimum absolute atomic E-state index is 0.0676. The molecule has 1 heterocycles. The minimum Gasteiger partial charge on any atom is -0.508 e. The number of hydrogen-bond donors (Lipinski definition) is 2. The molecule has 1 aromatic carbocycles. The molecule has 0 radical (unpaired) electrons. The summed E-state index contributed by atoms with van der Waals surface area (Å²) < 4.78 is 38.3. The van der Waals surface area contributed by atoms with Crippen molar-refractivity contribution in [2.24, 2.45) is 0 Å². The first-order valence-electron chi connectivity index (χ1n) is 5.51. The monoisotopic (exact) mass is 286 g/mol. The highest BCUT2D eigenvalue weighted by atomic mass is 32.2. The molecule has 1 aliphatic heterocycles. The number of thioether (sulfide) groups is 1. The Morgan fingerprint density at radius 3 is 2.58 bits per heavy atom. The number of aromatic hydroxyl groups is 1. The van der Waals surface area contributed by atoms with Crippen LogP contribution in [0.25, 0.3) is 0 Å². The second-order valence-corrected chi connectivity index (χ2v) is 5.90. The Kier molecular flexibility index (Phi) is 2.44. The van der Waals surface area contributed by atoms with Crippen LogP contribution in [0.3, 0.4) is 0 Å². The number of fused-ring (bicyclic) bond motifs is 1. The first kappa shape index (κ1) is 12.5. The van der Waals surface area contributed by atoms with Crippen molar-refractivity contribution in [2.45, 2.75) is 16.2 Å². The second kappa shape index (κ2) is 3.72. The smallest absolute Gasteiger partial charge is 0.416 e. The van der Waals surface area contributed by atoms with E-state index in [1.54, 1.807) is 6.08 Å². The standard InChI is InChI=1S/C13H9F3O2S/c14-13(15,16)10-5-7(17)1-2-9(10)12-4-3-8(18)6-11(12)19-12/h1-6,11,17-18H. The highest BCUT2D eigenvalue weighted by Crippen LogP contribution is 2.66. The number of allylic oxidation sites excluding steroid dienone is 1. The molecule has 1 saturated heterocycles. The fourth-order valence-electron chi connectivity index (χ4n) is 2.30. The van der Waals surface area contributed by atoms with Gasteiger partial charge in [0.05, 0.1) is 15.6 Å². The number of phenolic OH excluding ortho intramolecular Hbond substituents is 1. The Bertz CT molecular complexity index is 606. The molecule has 2 N–H and O–H groups in total. The van der Waals surface area contributed by atoms with Gasteiger partial charge in [0.2, 0.25) is 0 Å². The lowest BCUT2D eigenvalue weighted by Crippen LogP contribution is -2.18. The second-order valence-electron chi connectivity index (χ2n) is 4.48.